The van der Waals surface area contributed by atoms with Crippen LogP contribution in [0.15, 0.2) is 42.6 Å². The number of rotatable bonds is 1. The molecule has 3 heteroatoms. The fourth-order valence-electron chi connectivity index (χ4n) is 2.42. The predicted octanol–water partition coefficient (Wildman–Crippen LogP) is 3.13. The van der Waals surface area contributed by atoms with Crippen molar-refractivity contribution >= 4 is 22.8 Å². The summed E-state index contributed by atoms with van der Waals surface area (Å²) in [4.78, 5) is 7.80. The van der Waals surface area contributed by atoms with Crippen LogP contribution in [0.1, 0.15) is 13.8 Å². The molecule has 0 aliphatic rings. The van der Waals surface area contributed by atoms with Crippen molar-refractivity contribution in [2.24, 2.45) is 0 Å². The predicted molar refractivity (Wildman–Crippen MR) is 81.1 cm³/mol. The maximum Gasteiger partial charge on any atom is 0.106 e. The lowest BCUT2D eigenvalue weighted by Gasteiger charge is -2.00. The zero-order valence-electron chi connectivity index (χ0n) is 11.4. The highest BCUT2D eigenvalue weighted by molar-refractivity contribution is 5.94. The molecule has 0 radical (unpaired) electrons. The van der Waals surface area contributed by atoms with E-state index >= 15 is 0 Å². The zero-order chi connectivity index (χ0) is 14.1. The highest BCUT2D eigenvalue weighted by Crippen LogP contribution is 2.25. The van der Waals surface area contributed by atoms with Gasteiger partial charge in [-0.1, -0.05) is 24.3 Å². The molecule has 0 aliphatic carbocycles. The minimum absolute atomic E-state index is 0.212. The smallest absolute Gasteiger partial charge is 0.106 e. The van der Waals surface area contributed by atoms with Crippen molar-refractivity contribution in [1.82, 2.24) is 9.97 Å². The first-order chi connectivity index (χ1) is 9.70. The van der Waals surface area contributed by atoms with E-state index in [2.05, 4.69) is 16.0 Å². The molecule has 0 bridgehead atoms. The van der Waals surface area contributed by atoms with Gasteiger partial charge in [-0.3, -0.25) is 0 Å². The highest BCUT2D eigenvalue weighted by atomic mass is 19.1. The third-order valence-electron chi connectivity index (χ3n) is 3.43. The number of aromatic nitrogens is 2. The lowest BCUT2D eigenvalue weighted by Crippen LogP contribution is -2.29. The minimum atomic E-state index is -0.212. The van der Waals surface area contributed by atoms with Gasteiger partial charge in [-0.2, -0.15) is 0 Å². The monoisotopic (exact) mass is 266 g/mol. The van der Waals surface area contributed by atoms with E-state index in [1.54, 1.807) is 6.07 Å². The molecule has 2 aromatic heterocycles. The zero-order valence-corrected chi connectivity index (χ0v) is 11.4. The highest BCUT2D eigenvalue weighted by Gasteiger charge is 2.07. The SMILES string of the molecule is C/C=c1/nc(-c2c[nH]c3ccccc23)cc/c1=C(/C)F. The van der Waals surface area contributed by atoms with Gasteiger partial charge in [-0.25, -0.2) is 9.37 Å². The molecule has 3 aromatic rings. The van der Waals surface area contributed by atoms with E-state index in [0.29, 0.717) is 10.6 Å². The van der Waals surface area contributed by atoms with E-state index in [-0.39, 0.29) is 5.83 Å². The van der Waals surface area contributed by atoms with Crippen molar-refractivity contribution in [3.63, 3.8) is 0 Å². The van der Waals surface area contributed by atoms with E-state index in [4.69, 9.17) is 0 Å². The summed E-state index contributed by atoms with van der Waals surface area (Å²) in [7, 11) is 0. The van der Waals surface area contributed by atoms with Crippen LogP contribution in [0.25, 0.3) is 34.1 Å². The van der Waals surface area contributed by atoms with Crippen LogP contribution in [-0.2, 0) is 0 Å². The Morgan fingerprint density at radius 2 is 2.00 bits per heavy atom. The van der Waals surface area contributed by atoms with Crippen LogP contribution >= 0.6 is 0 Å². The Morgan fingerprint density at radius 3 is 2.75 bits per heavy atom. The molecule has 1 N–H and O–H groups in total. The number of pyridine rings is 1. The Hall–Kier alpha value is -2.42. The Balaban J connectivity index is 2.29. The van der Waals surface area contributed by atoms with Crippen molar-refractivity contribution in [1.29, 1.82) is 0 Å². The number of hydrogen-bond donors (Lipinski definition) is 1. The second kappa shape index (κ2) is 4.93. The standard InChI is InChI=1S/C17H15FN2/c1-3-15-12(11(2)18)8-9-17(20-15)14-10-19-16-7-5-4-6-13(14)16/h3-10,19H,1-2H3/b12-11+,15-3+. The van der Waals surface area contributed by atoms with Crippen LogP contribution in [-0.4, -0.2) is 9.97 Å². The number of aromatic amines is 1. The molecular formula is C17H15FN2. The normalized spacial score (nSPS) is 13.8. The number of H-pyrrole nitrogens is 1. The first-order valence-corrected chi connectivity index (χ1v) is 6.57. The average Bonchev–Trinajstić information content (AvgIpc) is 2.90. The van der Waals surface area contributed by atoms with Crippen LogP contribution in [0, 0.1) is 0 Å². The summed E-state index contributed by atoms with van der Waals surface area (Å²) in [5, 5.41) is 2.35. The Bertz CT molecular complexity index is 887. The molecule has 2 nitrogen and oxygen atoms in total. The molecule has 0 fully saturated rings. The lowest BCUT2D eigenvalue weighted by molar-refractivity contribution is 0.739. The molecule has 0 atom stereocenters. The number of para-hydroxylation sites is 1. The van der Waals surface area contributed by atoms with Gasteiger partial charge in [0.15, 0.2) is 0 Å². The van der Waals surface area contributed by atoms with Gasteiger partial charge in [-0.05, 0) is 32.0 Å². The summed E-state index contributed by atoms with van der Waals surface area (Å²) in [6.07, 6.45) is 3.77. The summed E-state index contributed by atoms with van der Waals surface area (Å²) >= 11 is 0. The number of hydrogen-bond acceptors (Lipinski definition) is 1. The van der Waals surface area contributed by atoms with Crippen LogP contribution in [0.3, 0.4) is 0 Å². The van der Waals surface area contributed by atoms with Gasteiger partial charge < -0.3 is 4.98 Å². The quantitative estimate of drug-likeness (QED) is 0.720. The molecule has 0 amide bonds. The van der Waals surface area contributed by atoms with Crippen LogP contribution in [0.4, 0.5) is 4.39 Å². The molecule has 0 unspecified atom stereocenters. The van der Waals surface area contributed by atoms with E-state index in [1.807, 2.05) is 43.5 Å². The number of nitrogens with one attached hydrogen (secondary N) is 1. The first-order valence-electron chi connectivity index (χ1n) is 6.57. The minimum Gasteiger partial charge on any atom is -0.360 e. The van der Waals surface area contributed by atoms with Gasteiger partial charge in [0.25, 0.3) is 0 Å². The fourth-order valence-corrected chi connectivity index (χ4v) is 2.42. The summed E-state index contributed by atoms with van der Waals surface area (Å²) in [5.41, 5.74) is 2.95. The van der Waals surface area contributed by atoms with Gasteiger partial charge in [0, 0.05) is 27.9 Å². The molecule has 0 aliphatic heterocycles. The van der Waals surface area contributed by atoms with Crippen LogP contribution in [0.5, 0.6) is 0 Å². The van der Waals surface area contributed by atoms with Crippen molar-refractivity contribution in [2.75, 3.05) is 0 Å². The Labute approximate surface area is 116 Å². The van der Waals surface area contributed by atoms with Crippen LogP contribution < -0.4 is 10.6 Å². The topological polar surface area (TPSA) is 28.7 Å². The van der Waals surface area contributed by atoms with Crippen molar-refractivity contribution in [3.05, 3.63) is 53.2 Å². The summed E-state index contributed by atoms with van der Waals surface area (Å²) in [6, 6.07) is 11.7. The fraction of sp³-hybridized carbons (Fsp3) is 0.118. The summed E-state index contributed by atoms with van der Waals surface area (Å²) in [5.74, 6) is -0.212. The second-order valence-electron chi connectivity index (χ2n) is 4.70. The van der Waals surface area contributed by atoms with E-state index in [9.17, 15) is 4.39 Å². The molecular weight excluding hydrogens is 251 g/mol. The van der Waals surface area contributed by atoms with Crippen molar-refractivity contribution in [3.8, 4) is 11.3 Å². The van der Waals surface area contributed by atoms with E-state index in [1.165, 1.54) is 6.92 Å². The maximum atomic E-state index is 13.5. The summed E-state index contributed by atoms with van der Waals surface area (Å²) < 4.78 is 13.5. The van der Waals surface area contributed by atoms with Gasteiger partial charge in [0.1, 0.15) is 5.83 Å². The lowest BCUT2D eigenvalue weighted by atomic mass is 10.1. The third kappa shape index (κ3) is 2.01. The summed E-state index contributed by atoms with van der Waals surface area (Å²) in [6.45, 7) is 3.32. The third-order valence-corrected chi connectivity index (χ3v) is 3.43. The Kier molecular flexibility index (Phi) is 3.11. The molecule has 100 valence electrons. The van der Waals surface area contributed by atoms with Gasteiger partial charge >= 0.3 is 0 Å². The molecule has 20 heavy (non-hydrogen) atoms. The van der Waals surface area contributed by atoms with Gasteiger partial charge in [0.05, 0.1) is 11.0 Å². The maximum absolute atomic E-state index is 13.5. The van der Waals surface area contributed by atoms with E-state index in [0.717, 1.165) is 22.2 Å². The van der Waals surface area contributed by atoms with Gasteiger partial charge in [-0.15, -0.1) is 0 Å². The number of halogens is 1. The average molecular weight is 266 g/mol. The number of nitrogens with zero attached hydrogens (tertiary/aromatic N) is 1. The molecule has 0 saturated heterocycles. The molecule has 2 heterocycles. The van der Waals surface area contributed by atoms with E-state index < -0.39 is 0 Å². The molecule has 3 rings (SSSR count). The van der Waals surface area contributed by atoms with Gasteiger partial charge in [0.2, 0.25) is 0 Å². The Morgan fingerprint density at radius 1 is 1.20 bits per heavy atom. The van der Waals surface area contributed by atoms with Crippen molar-refractivity contribution in [2.45, 2.75) is 13.8 Å². The largest absolute Gasteiger partial charge is 0.360 e. The van der Waals surface area contributed by atoms with Crippen LogP contribution in [0.2, 0.25) is 0 Å². The number of fused-ring (bicyclic) bond motifs is 1. The number of benzene rings is 1. The molecule has 1 aromatic carbocycles. The van der Waals surface area contributed by atoms with Crippen molar-refractivity contribution < 1.29 is 4.39 Å². The molecule has 0 spiro atoms. The second-order valence-corrected chi connectivity index (χ2v) is 4.70. The molecule has 0 saturated carbocycles. The first kappa shape index (κ1) is 12.6.